The SMILES string of the molecule is Cc1cccc(NC(=O)NC[C@H](c2ccc(N(C)C)cc2)N2CCOCC2)c1. The summed E-state index contributed by atoms with van der Waals surface area (Å²) < 4.78 is 5.50. The summed E-state index contributed by atoms with van der Waals surface area (Å²) in [5.41, 5.74) is 4.28. The number of nitrogens with one attached hydrogen (secondary N) is 2. The lowest BCUT2D eigenvalue weighted by atomic mass is 10.0. The summed E-state index contributed by atoms with van der Waals surface area (Å²) in [7, 11) is 4.07. The Hall–Kier alpha value is -2.57. The Morgan fingerprint density at radius 3 is 2.50 bits per heavy atom. The van der Waals surface area contributed by atoms with Crippen molar-refractivity contribution in [1.29, 1.82) is 0 Å². The number of hydrogen-bond acceptors (Lipinski definition) is 4. The van der Waals surface area contributed by atoms with Crippen LogP contribution in [0.15, 0.2) is 48.5 Å². The molecule has 1 aliphatic heterocycles. The van der Waals surface area contributed by atoms with Crippen LogP contribution in [0, 0.1) is 6.92 Å². The van der Waals surface area contributed by atoms with Gasteiger partial charge in [-0.3, -0.25) is 4.90 Å². The van der Waals surface area contributed by atoms with Gasteiger partial charge in [0.15, 0.2) is 0 Å². The highest BCUT2D eigenvalue weighted by atomic mass is 16.5. The molecule has 2 amide bonds. The maximum atomic E-state index is 12.4. The minimum atomic E-state index is -0.186. The molecule has 0 spiro atoms. The summed E-state index contributed by atoms with van der Waals surface area (Å²) in [5, 5.41) is 5.96. The fraction of sp³-hybridized carbons (Fsp3) is 0.409. The first-order valence-electron chi connectivity index (χ1n) is 9.73. The molecule has 0 unspecified atom stereocenters. The van der Waals surface area contributed by atoms with Crippen molar-refractivity contribution in [3.05, 3.63) is 59.7 Å². The fourth-order valence-corrected chi connectivity index (χ4v) is 3.43. The second kappa shape index (κ2) is 9.57. The Labute approximate surface area is 167 Å². The Morgan fingerprint density at radius 1 is 1.14 bits per heavy atom. The molecule has 0 aliphatic carbocycles. The number of carbonyl (C=O) groups excluding carboxylic acids is 1. The molecule has 3 rings (SSSR count). The minimum absolute atomic E-state index is 0.114. The molecule has 1 saturated heterocycles. The van der Waals surface area contributed by atoms with Gasteiger partial charge in [-0.1, -0.05) is 24.3 Å². The predicted molar refractivity (Wildman–Crippen MR) is 114 cm³/mol. The molecule has 0 bridgehead atoms. The highest BCUT2D eigenvalue weighted by molar-refractivity contribution is 5.89. The van der Waals surface area contributed by atoms with Crippen LogP contribution in [0.3, 0.4) is 0 Å². The highest BCUT2D eigenvalue weighted by Gasteiger charge is 2.23. The first-order chi connectivity index (χ1) is 13.5. The predicted octanol–water partition coefficient (Wildman–Crippen LogP) is 3.26. The average Bonchev–Trinajstić information content (AvgIpc) is 2.69. The van der Waals surface area contributed by atoms with Crippen molar-refractivity contribution in [2.75, 3.05) is 57.2 Å². The molecule has 150 valence electrons. The number of aryl methyl sites for hydroxylation is 1. The summed E-state index contributed by atoms with van der Waals surface area (Å²) in [4.78, 5) is 16.9. The Kier molecular flexibility index (Phi) is 6.90. The molecule has 6 heteroatoms. The molecular weight excluding hydrogens is 352 g/mol. The molecule has 0 aromatic heterocycles. The molecule has 0 radical (unpaired) electrons. The van der Waals surface area contributed by atoms with Gasteiger partial charge in [0.05, 0.1) is 19.3 Å². The van der Waals surface area contributed by atoms with E-state index in [1.54, 1.807) is 0 Å². The van der Waals surface area contributed by atoms with Gasteiger partial charge in [0, 0.05) is 45.1 Å². The van der Waals surface area contributed by atoms with Crippen molar-refractivity contribution in [3.63, 3.8) is 0 Å². The molecule has 1 atom stereocenters. The zero-order chi connectivity index (χ0) is 19.9. The molecule has 1 aliphatic rings. The topological polar surface area (TPSA) is 56.8 Å². The van der Waals surface area contributed by atoms with Crippen molar-refractivity contribution in [2.24, 2.45) is 0 Å². The second-order valence-electron chi connectivity index (χ2n) is 7.35. The number of nitrogens with zero attached hydrogens (tertiary/aromatic N) is 2. The van der Waals surface area contributed by atoms with Gasteiger partial charge >= 0.3 is 6.03 Å². The van der Waals surface area contributed by atoms with Crippen molar-refractivity contribution < 1.29 is 9.53 Å². The Bertz CT molecular complexity index is 770. The summed E-state index contributed by atoms with van der Waals surface area (Å²) in [6, 6.07) is 16.3. The van der Waals surface area contributed by atoms with E-state index in [1.165, 1.54) is 5.56 Å². The van der Waals surface area contributed by atoms with Crippen molar-refractivity contribution in [3.8, 4) is 0 Å². The number of urea groups is 1. The van der Waals surface area contributed by atoms with E-state index in [9.17, 15) is 4.79 Å². The van der Waals surface area contributed by atoms with Crippen LogP contribution in [0.1, 0.15) is 17.2 Å². The van der Waals surface area contributed by atoms with Gasteiger partial charge in [-0.25, -0.2) is 4.79 Å². The summed E-state index contributed by atoms with van der Waals surface area (Å²) in [6.07, 6.45) is 0. The van der Waals surface area contributed by atoms with Crippen LogP contribution in [0.2, 0.25) is 0 Å². The van der Waals surface area contributed by atoms with Crippen LogP contribution in [0.5, 0.6) is 0 Å². The van der Waals surface area contributed by atoms with Crippen LogP contribution < -0.4 is 15.5 Å². The second-order valence-corrected chi connectivity index (χ2v) is 7.35. The van der Waals surface area contributed by atoms with Crippen LogP contribution in [0.25, 0.3) is 0 Å². The van der Waals surface area contributed by atoms with E-state index in [-0.39, 0.29) is 12.1 Å². The quantitative estimate of drug-likeness (QED) is 0.805. The number of ether oxygens (including phenoxy) is 1. The Balaban J connectivity index is 1.67. The van der Waals surface area contributed by atoms with Gasteiger partial charge in [0.25, 0.3) is 0 Å². The first-order valence-corrected chi connectivity index (χ1v) is 9.73. The number of carbonyl (C=O) groups is 1. The molecule has 28 heavy (non-hydrogen) atoms. The molecule has 6 nitrogen and oxygen atoms in total. The van der Waals surface area contributed by atoms with Gasteiger partial charge < -0.3 is 20.3 Å². The van der Waals surface area contributed by atoms with Crippen molar-refractivity contribution in [2.45, 2.75) is 13.0 Å². The summed E-state index contributed by atoms with van der Waals surface area (Å²) in [6.45, 7) is 5.72. The molecule has 2 aromatic carbocycles. The van der Waals surface area contributed by atoms with Crippen LogP contribution in [-0.2, 0) is 4.74 Å². The monoisotopic (exact) mass is 382 g/mol. The summed E-state index contributed by atoms with van der Waals surface area (Å²) in [5.74, 6) is 0. The highest BCUT2D eigenvalue weighted by Crippen LogP contribution is 2.24. The Morgan fingerprint density at radius 2 is 1.86 bits per heavy atom. The number of amides is 2. The van der Waals surface area contributed by atoms with E-state index in [2.05, 4.69) is 44.7 Å². The van der Waals surface area contributed by atoms with Crippen LogP contribution >= 0.6 is 0 Å². The smallest absolute Gasteiger partial charge is 0.319 e. The number of rotatable bonds is 6. The first kappa shape index (κ1) is 20.2. The van der Waals surface area contributed by atoms with Gasteiger partial charge in [-0.15, -0.1) is 0 Å². The average molecular weight is 383 g/mol. The maximum Gasteiger partial charge on any atom is 0.319 e. The zero-order valence-electron chi connectivity index (χ0n) is 16.9. The van der Waals surface area contributed by atoms with Gasteiger partial charge in [0.2, 0.25) is 0 Å². The fourth-order valence-electron chi connectivity index (χ4n) is 3.43. The normalized spacial score (nSPS) is 15.7. The molecule has 0 saturated carbocycles. The number of benzene rings is 2. The standard InChI is InChI=1S/C22H30N4O2/c1-17-5-4-6-19(15-17)24-22(27)23-16-21(26-11-13-28-14-12-26)18-7-9-20(10-8-18)25(2)3/h4-10,15,21H,11-14,16H2,1-3H3,(H2,23,24,27)/t21-/m1/s1. The van der Waals surface area contributed by atoms with Crippen molar-refractivity contribution in [1.82, 2.24) is 10.2 Å². The molecule has 2 N–H and O–H groups in total. The third-order valence-electron chi connectivity index (χ3n) is 5.01. The van der Waals surface area contributed by atoms with Gasteiger partial charge in [0.1, 0.15) is 0 Å². The maximum absolute atomic E-state index is 12.4. The van der Waals surface area contributed by atoms with Gasteiger partial charge in [-0.2, -0.15) is 0 Å². The van der Waals surface area contributed by atoms with E-state index >= 15 is 0 Å². The lowest BCUT2D eigenvalue weighted by Crippen LogP contribution is -2.44. The van der Waals surface area contributed by atoms with E-state index in [4.69, 9.17) is 4.74 Å². The van der Waals surface area contributed by atoms with Gasteiger partial charge in [-0.05, 0) is 42.3 Å². The lowest BCUT2D eigenvalue weighted by molar-refractivity contribution is 0.0168. The zero-order valence-corrected chi connectivity index (χ0v) is 16.9. The van der Waals surface area contributed by atoms with E-state index in [0.717, 1.165) is 43.2 Å². The lowest BCUT2D eigenvalue weighted by Gasteiger charge is -2.35. The van der Waals surface area contributed by atoms with Crippen LogP contribution in [0.4, 0.5) is 16.2 Å². The molecule has 2 aromatic rings. The third kappa shape index (κ3) is 5.47. The minimum Gasteiger partial charge on any atom is -0.379 e. The molecule has 1 fully saturated rings. The number of hydrogen-bond donors (Lipinski definition) is 2. The largest absolute Gasteiger partial charge is 0.379 e. The van der Waals surface area contributed by atoms with Crippen molar-refractivity contribution >= 4 is 17.4 Å². The number of morpholine rings is 1. The number of anilines is 2. The van der Waals surface area contributed by atoms with E-state index in [1.807, 2.05) is 45.3 Å². The van der Waals surface area contributed by atoms with Crippen LogP contribution in [-0.4, -0.2) is 57.9 Å². The molecular formula is C22H30N4O2. The van der Waals surface area contributed by atoms with E-state index < -0.39 is 0 Å². The molecule has 1 heterocycles. The third-order valence-corrected chi connectivity index (χ3v) is 5.01. The van der Waals surface area contributed by atoms with E-state index in [0.29, 0.717) is 6.54 Å². The summed E-state index contributed by atoms with van der Waals surface area (Å²) >= 11 is 0.